The SMILES string of the molecule is CC1CC=C(c2ccccc2N(c2ccccc2)c2ccc(-c3ccc(-c4ccccc4)cc3)cc2)C=C1c1cccc2ccccc12. The lowest BCUT2D eigenvalue weighted by molar-refractivity contribution is 0.761. The molecule has 1 nitrogen and oxygen atoms in total. The molecule has 0 amide bonds. The molecule has 1 atom stereocenters. The van der Waals surface area contributed by atoms with E-state index < -0.39 is 0 Å². The van der Waals surface area contributed by atoms with Gasteiger partial charge in [-0.05, 0) is 92.4 Å². The zero-order valence-corrected chi connectivity index (χ0v) is 27.1. The van der Waals surface area contributed by atoms with Gasteiger partial charge in [0.15, 0.2) is 0 Å². The molecule has 0 saturated carbocycles. The second-order valence-corrected chi connectivity index (χ2v) is 12.6. The molecule has 1 heteroatoms. The van der Waals surface area contributed by atoms with Crippen molar-refractivity contribution >= 4 is 39.0 Å². The van der Waals surface area contributed by atoms with Gasteiger partial charge in [0, 0.05) is 16.9 Å². The molecule has 0 fully saturated rings. The molecule has 230 valence electrons. The number of rotatable bonds is 7. The van der Waals surface area contributed by atoms with E-state index in [9.17, 15) is 0 Å². The van der Waals surface area contributed by atoms with Crippen molar-refractivity contribution in [2.45, 2.75) is 13.3 Å². The van der Waals surface area contributed by atoms with Gasteiger partial charge in [0.1, 0.15) is 0 Å². The number of nitrogens with zero attached hydrogens (tertiary/aromatic N) is 1. The fourth-order valence-corrected chi connectivity index (χ4v) is 7.01. The minimum Gasteiger partial charge on any atom is -0.310 e. The summed E-state index contributed by atoms with van der Waals surface area (Å²) < 4.78 is 0. The molecule has 48 heavy (non-hydrogen) atoms. The highest BCUT2D eigenvalue weighted by Gasteiger charge is 2.22. The molecule has 1 unspecified atom stereocenters. The summed E-state index contributed by atoms with van der Waals surface area (Å²) in [5.41, 5.74) is 13.5. The van der Waals surface area contributed by atoms with Crippen LogP contribution in [0, 0.1) is 5.92 Å². The van der Waals surface area contributed by atoms with Crippen molar-refractivity contribution in [1.82, 2.24) is 0 Å². The van der Waals surface area contributed by atoms with Crippen LogP contribution in [-0.4, -0.2) is 0 Å². The molecular formula is C47H37N. The molecule has 1 aliphatic carbocycles. The Bertz CT molecular complexity index is 2240. The summed E-state index contributed by atoms with van der Waals surface area (Å²) in [5, 5.41) is 2.60. The third kappa shape index (κ3) is 5.76. The van der Waals surface area contributed by atoms with Crippen molar-refractivity contribution in [3.8, 4) is 22.3 Å². The molecule has 0 heterocycles. The number of allylic oxidation sites excluding steroid dienone is 4. The van der Waals surface area contributed by atoms with Gasteiger partial charge in [-0.25, -0.2) is 0 Å². The number of hydrogen-bond donors (Lipinski definition) is 0. The number of fused-ring (bicyclic) bond motifs is 1. The first-order chi connectivity index (χ1) is 23.7. The highest BCUT2D eigenvalue weighted by atomic mass is 15.1. The fourth-order valence-electron chi connectivity index (χ4n) is 7.01. The van der Waals surface area contributed by atoms with E-state index in [1.54, 1.807) is 0 Å². The maximum Gasteiger partial charge on any atom is 0.0539 e. The van der Waals surface area contributed by atoms with E-state index in [-0.39, 0.29) is 0 Å². The minimum atomic E-state index is 0.436. The molecule has 7 aromatic rings. The summed E-state index contributed by atoms with van der Waals surface area (Å²) in [6.07, 6.45) is 5.85. The lowest BCUT2D eigenvalue weighted by Crippen LogP contribution is -2.12. The topological polar surface area (TPSA) is 3.24 Å². The molecule has 0 saturated heterocycles. The summed E-state index contributed by atoms with van der Waals surface area (Å²) in [6, 6.07) is 63.4. The number of para-hydroxylation sites is 2. The van der Waals surface area contributed by atoms with Crippen LogP contribution in [0.5, 0.6) is 0 Å². The van der Waals surface area contributed by atoms with Crippen molar-refractivity contribution in [3.05, 3.63) is 199 Å². The van der Waals surface area contributed by atoms with E-state index >= 15 is 0 Å². The summed E-state index contributed by atoms with van der Waals surface area (Å²) in [4.78, 5) is 2.39. The van der Waals surface area contributed by atoms with Crippen LogP contribution in [0.25, 0.3) is 44.2 Å². The molecule has 0 aromatic heterocycles. The summed E-state index contributed by atoms with van der Waals surface area (Å²) in [5.74, 6) is 0.436. The molecular weight excluding hydrogens is 579 g/mol. The largest absolute Gasteiger partial charge is 0.310 e. The second kappa shape index (κ2) is 13.1. The smallest absolute Gasteiger partial charge is 0.0539 e. The Morgan fingerprint density at radius 3 is 1.71 bits per heavy atom. The highest BCUT2D eigenvalue weighted by molar-refractivity contribution is 5.99. The first kappa shape index (κ1) is 29.5. The van der Waals surface area contributed by atoms with Gasteiger partial charge in [0.05, 0.1) is 5.69 Å². The van der Waals surface area contributed by atoms with Crippen molar-refractivity contribution in [1.29, 1.82) is 0 Å². The van der Waals surface area contributed by atoms with Gasteiger partial charge in [-0.1, -0.05) is 165 Å². The van der Waals surface area contributed by atoms with Crippen LogP contribution >= 0.6 is 0 Å². The summed E-state index contributed by atoms with van der Waals surface area (Å²) >= 11 is 0. The Morgan fingerprint density at radius 2 is 0.979 bits per heavy atom. The number of benzene rings is 7. The van der Waals surface area contributed by atoms with Gasteiger partial charge >= 0.3 is 0 Å². The average molecular weight is 616 g/mol. The Morgan fingerprint density at radius 1 is 0.458 bits per heavy atom. The maximum atomic E-state index is 2.43. The predicted molar refractivity (Wildman–Crippen MR) is 206 cm³/mol. The third-order valence-electron chi connectivity index (χ3n) is 9.56. The Hall–Kier alpha value is -5.92. The lowest BCUT2D eigenvalue weighted by Gasteiger charge is -2.29. The van der Waals surface area contributed by atoms with Crippen LogP contribution < -0.4 is 4.90 Å². The molecule has 0 aliphatic heterocycles. The van der Waals surface area contributed by atoms with Gasteiger partial charge < -0.3 is 4.90 Å². The van der Waals surface area contributed by atoms with Gasteiger partial charge in [0.25, 0.3) is 0 Å². The van der Waals surface area contributed by atoms with E-state index in [0.717, 1.165) is 23.5 Å². The minimum absolute atomic E-state index is 0.436. The Balaban J connectivity index is 1.17. The zero-order valence-electron chi connectivity index (χ0n) is 27.1. The molecule has 1 aliphatic rings. The van der Waals surface area contributed by atoms with E-state index in [4.69, 9.17) is 0 Å². The van der Waals surface area contributed by atoms with E-state index in [1.165, 1.54) is 55.3 Å². The second-order valence-electron chi connectivity index (χ2n) is 12.6. The van der Waals surface area contributed by atoms with Gasteiger partial charge in [-0.2, -0.15) is 0 Å². The average Bonchev–Trinajstić information content (AvgIpc) is 3.16. The van der Waals surface area contributed by atoms with Crippen molar-refractivity contribution < 1.29 is 0 Å². The maximum absolute atomic E-state index is 2.43. The van der Waals surface area contributed by atoms with Crippen LogP contribution in [0.2, 0.25) is 0 Å². The normalized spacial score (nSPS) is 14.3. The summed E-state index contributed by atoms with van der Waals surface area (Å²) in [7, 11) is 0. The monoisotopic (exact) mass is 615 g/mol. The quantitative estimate of drug-likeness (QED) is 0.172. The number of anilines is 3. The molecule has 0 radical (unpaired) electrons. The van der Waals surface area contributed by atoms with Crippen LogP contribution in [0.1, 0.15) is 24.5 Å². The van der Waals surface area contributed by atoms with Gasteiger partial charge in [0.2, 0.25) is 0 Å². The van der Waals surface area contributed by atoms with E-state index in [1.807, 2.05) is 0 Å². The first-order valence-corrected chi connectivity index (χ1v) is 16.8. The summed E-state index contributed by atoms with van der Waals surface area (Å²) in [6.45, 7) is 2.35. The van der Waals surface area contributed by atoms with Crippen molar-refractivity contribution in [2.24, 2.45) is 5.92 Å². The molecule has 0 bridgehead atoms. The third-order valence-corrected chi connectivity index (χ3v) is 9.56. The molecule has 7 aromatic carbocycles. The Kier molecular flexibility index (Phi) is 8.02. The van der Waals surface area contributed by atoms with E-state index in [0.29, 0.717) is 5.92 Å². The molecule has 0 N–H and O–H groups in total. The van der Waals surface area contributed by atoms with Crippen molar-refractivity contribution in [3.63, 3.8) is 0 Å². The van der Waals surface area contributed by atoms with Crippen LogP contribution in [0.3, 0.4) is 0 Å². The standard InChI is InChI=1S/C47H37N/c1-34-23-24-40(33-46(34)45-21-12-16-39-15-8-9-19-43(39)45)44-20-10-11-22-47(44)48(41-17-6-3-7-18-41)42-31-29-38(30-32-42)37-27-25-36(26-28-37)35-13-4-2-5-14-35/h2-22,24-34H,23H2,1H3. The fraction of sp³-hybridized carbons (Fsp3) is 0.0638. The first-order valence-electron chi connectivity index (χ1n) is 16.8. The molecule has 0 spiro atoms. The number of hydrogen-bond acceptors (Lipinski definition) is 1. The highest BCUT2D eigenvalue weighted by Crippen LogP contribution is 2.43. The zero-order chi connectivity index (χ0) is 32.3. The predicted octanol–water partition coefficient (Wildman–Crippen LogP) is 13.2. The molecule has 8 rings (SSSR count). The van der Waals surface area contributed by atoms with Crippen LogP contribution in [0.4, 0.5) is 17.1 Å². The van der Waals surface area contributed by atoms with Crippen LogP contribution in [0.15, 0.2) is 188 Å². The van der Waals surface area contributed by atoms with Gasteiger partial charge in [-0.3, -0.25) is 0 Å². The Labute approximate surface area is 283 Å². The lowest BCUT2D eigenvalue weighted by atomic mass is 9.82. The van der Waals surface area contributed by atoms with Crippen LogP contribution in [-0.2, 0) is 0 Å². The van der Waals surface area contributed by atoms with Gasteiger partial charge in [-0.15, -0.1) is 0 Å². The van der Waals surface area contributed by atoms with Crippen molar-refractivity contribution in [2.75, 3.05) is 4.90 Å². The van der Waals surface area contributed by atoms with E-state index in [2.05, 4.69) is 200 Å².